The van der Waals surface area contributed by atoms with E-state index in [1.165, 1.54) is 40.6 Å². The van der Waals surface area contributed by atoms with Crippen LogP contribution in [0.3, 0.4) is 0 Å². The molecule has 2 aromatic carbocycles. The van der Waals surface area contributed by atoms with Crippen LogP contribution in [0, 0.1) is 0 Å². The van der Waals surface area contributed by atoms with Gasteiger partial charge in [-0.1, -0.05) is 48.5 Å². The van der Waals surface area contributed by atoms with Crippen molar-refractivity contribution in [3.05, 3.63) is 95.4 Å². The quantitative estimate of drug-likeness (QED) is 0.532. The highest BCUT2D eigenvalue weighted by Crippen LogP contribution is 2.31. The molecule has 1 fully saturated rings. The Labute approximate surface area is 171 Å². The van der Waals surface area contributed by atoms with Crippen molar-refractivity contribution < 1.29 is 0 Å². The Kier molecular flexibility index (Phi) is 5.10. The summed E-state index contributed by atoms with van der Waals surface area (Å²) in [5, 5.41) is 8.95. The van der Waals surface area contributed by atoms with Crippen molar-refractivity contribution in [2.75, 3.05) is 13.1 Å². The minimum Gasteiger partial charge on any atom is -0.299 e. The van der Waals surface area contributed by atoms with Gasteiger partial charge in [0.15, 0.2) is 0 Å². The predicted molar refractivity (Wildman–Crippen MR) is 117 cm³/mol. The number of para-hydroxylation sites is 1. The number of pyridine rings is 1. The minimum atomic E-state index is 0.571. The van der Waals surface area contributed by atoms with Gasteiger partial charge in [-0.25, -0.2) is 0 Å². The topological polar surface area (TPSA) is 44.8 Å². The Balaban J connectivity index is 1.25. The zero-order valence-corrected chi connectivity index (χ0v) is 16.6. The lowest BCUT2D eigenvalue weighted by Crippen LogP contribution is -2.32. The van der Waals surface area contributed by atoms with Gasteiger partial charge in [-0.15, -0.1) is 0 Å². The molecule has 4 aromatic rings. The maximum atomic E-state index is 4.50. The van der Waals surface area contributed by atoms with Crippen molar-refractivity contribution in [3.8, 4) is 0 Å². The van der Waals surface area contributed by atoms with Gasteiger partial charge in [-0.3, -0.25) is 15.0 Å². The van der Waals surface area contributed by atoms with Gasteiger partial charge in [0.2, 0.25) is 0 Å². The molecule has 0 aliphatic carbocycles. The van der Waals surface area contributed by atoms with Crippen LogP contribution in [0.1, 0.15) is 41.1 Å². The normalized spacial score (nSPS) is 15.7. The van der Waals surface area contributed by atoms with Crippen molar-refractivity contribution in [2.45, 2.75) is 31.7 Å². The Morgan fingerprint density at radius 3 is 2.55 bits per heavy atom. The first kappa shape index (κ1) is 18.1. The fourth-order valence-electron chi connectivity index (χ4n) is 4.54. The summed E-state index contributed by atoms with van der Waals surface area (Å²) in [6, 6.07) is 21.3. The first-order valence-corrected chi connectivity index (χ1v) is 10.5. The SMILES string of the molecule is c1ccc(Cc2cn[nH]c2C2CCN(Cc3ccnc4ccccc34)CC2)cc1. The van der Waals surface area contributed by atoms with E-state index in [2.05, 4.69) is 80.7 Å². The highest BCUT2D eigenvalue weighted by Gasteiger charge is 2.24. The van der Waals surface area contributed by atoms with Crippen molar-refractivity contribution >= 4 is 10.9 Å². The van der Waals surface area contributed by atoms with E-state index in [0.717, 1.165) is 31.6 Å². The molecule has 0 radical (unpaired) electrons. The maximum absolute atomic E-state index is 4.50. The van der Waals surface area contributed by atoms with Crippen LogP contribution >= 0.6 is 0 Å². The minimum absolute atomic E-state index is 0.571. The molecule has 1 aliphatic rings. The molecule has 0 atom stereocenters. The second kappa shape index (κ2) is 8.18. The fourth-order valence-corrected chi connectivity index (χ4v) is 4.54. The van der Waals surface area contributed by atoms with Crippen LogP contribution in [-0.2, 0) is 13.0 Å². The number of fused-ring (bicyclic) bond motifs is 1. The summed E-state index contributed by atoms with van der Waals surface area (Å²) < 4.78 is 0. The first-order valence-electron chi connectivity index (χ1n) is 10.5. The fraction of sp³-hybridized carbons (Fsp3) is 0.280. The average molecular weight is 383 g/mol. The van der Waals surface area contributed by atoms with Gasteiger partial charge in [0.25, 0.3) is 0 Å². The Hall–Kier alpha value is -2.98. The molecule has 29 heavy (non-hydrogen) atoms. The molecule has 0 amide bonds. The van der Waals surface area contributed by atoms with E-state index in [1.807, 2.05) is 12.4 Å². The lowest BCUT2D eigenvalue weighted by molar-refractivity contribution is 0.203. The summed E-state index contributed by atoms with van der Waals surface area (Å²) >= 11 is 0. The van der Waals surface area contributed by atoms with Crippen LogP contribution in [0.25, 0.3) is 10.9 Å². The second-order valence-electron chi connectivity index (χ2n) is 8.01. The van der Waals surface area contributed by atoms with E-state index in [9.17, 15) is 0 Å². The van der Waals surface area contributed by atoms with Crippen molar-refractivity contribution in [2.24, 2.45) is 0 Å². The summed E-state index contributed by atoms with van der Waals surface area (Å²) in [4.78, 5) is 7.07. The van der Waals surface area contributed by atoms with Gasteiger partial charge < -0.3 is 0 Å². The molecular formula is C25H26N4. The van der Waals surface area contributed by atoms with Crippen LogP contribution < -0.4 is 0 Å². The third-order valence-corrected chi connectivity index (χ3v) is 6.12. The molecule has 1 N–H and O–H groups in total. The molecular weight excluding hydrogens is 356 g/mol. The Bertz CT molecular complexity index is 1070. The number of nitrogens with one attached hydrogen (secondary N) is 1. The zero-order chi connectivity index (χ0) is 19.5. The summed E-state index contributed by atoms with van der Waals surface area (Å²) in [5.74, 6) is 0.571. The molecule has 1 aliphatic heterocycles. The van der Waals surface area contributed by atoms with Crippen LogP contribution in [0.4, 0.5) is 0 Å². The zero-order valence-electron chi connectivity index (χ0n) is 16.6. The molecule has 4 nitrogen and oxygen atoms in total. The van der Waals surface area contributed by atoms with E-state index in [4.69, 9.17) is 0 Å². The van der Waals surface area contributed by atoms with Gasteiger partial charge in [0, 0.05) is 36.2 Å². The number of hydrogen-bond acceptors (Lipinski definition) is 3. The van der Waals surface area contributed by atoms with Crippen molar-refractivity contribution in [1.82, 2.24) is 20.1 Å². The van der Waals surface area contributed by atoms with Gasteiger partial charge in [-0.2, -0.15) is 5.10 Å². The molecule has 0 unspecified atom stereocenters. The highest BCUT2D eigenvalue weighted by atomic mass is 15.1. The molecule has 0 spiro atoms. The predicted octanol–water partition coefficient (Wildman–Crippen LogP) is 4.93. The van der Waals surface area contributed by atoms with E-state index >= 15 is 0 Å². The molecule has 1 saturated heterocycles. The van der Waals surface area contributed by atoms with Gasteiger partial charge in [-0.05, 0) is 54.8 Å². The lowest BCUT2D eigenvalue weighted by Gasteiger charge is -2.32. The maximum Gasteiger partial charge on any atom is 0.0705 e. The monoisotopic (exact) mass is 382 g/mol. The average Bonchev–Trinajstić information content (AvgIpc) is 3.23. The number of hydrogen-bond donors (Lipinski definition) is 1. The van der Waals surface area contributed by atoms with Crippen LogP contribution in [-0.4, -0.2) is 33.2 Å². The third-order valence-electron chi connectivity index (χ3n) is 6.12. The molecule has 3 heterocycles. The molecule has 0 bridgehead atoms. The van der Waals surface area contributed by atoms with Gasteiger partial charge >= 0.3 is 0 Å². The number of aromatic amines is 1. The molecule has 0 saturated carbocycles. The summed E-state index contributed by atoms with van der Waals surface area (Å²) in [7, 11) is 0. The number of rotatable bonds is 5. The van der Waals surface area contributed by atoms with Gasteiger partial charge in [0.05, 0.1) is 11.7 Å². The molecule has 5 rings (SSSR count). The number of aromatic nitrogens is 3. The van der Waals surface area contributed by atoms with Crippen molar-refractivity contribution in [1.29, 1.82) is 0 Å². The number of piperidine rings is 1. The Morgan fingerprint density at radius 2 is 1.69 bits per heavy atom. The van der Waals surface area contributed by atoms with Crippen LogP contribution in [0.15, 0.2) is 73.1 Å². The smallest absolute Gasteiger partial charge is 0.0705 e. The summed E-state index contributed by atoms with van der Waals surface area (Å²) in [6.07, 6.45) is 7.25. The first-order chi connectivity index (χ1) is 14.4. The largest absolute Gasteiger partial charge is 0.299 e. The number of benzene rings is 2. The van der Waals surface area contributed by atoms with Crippen molar-refractivity contribution in [3.63, 3.8) is 0 Å². The summed E-state index contributed by atoms with van der Waals surface area (Å²) in [5.41, 5.74) is 6.48. The summed E-state index contributed by atoms with van der Waals surface area (Å²) in [6.45, 7) is 3.23. The van der Waals surface area contributed by atoms with E-state index in [0.29, 0.717) is 5.92 Å². The molecule has 4 heteroatoms. The van der Waals surface area contributed by atoms with Crippen LogP contribution in [0.5, 0.6) is 0 Å². The Morgan fingerprint density at radius 1 is 0.897 bits per heavy atom. The van der Waals surface area contributed by atoms with Gasteiger partial charge in [0.1, 0.15) is 0 Å². The lowest BCUT2D eigenvalue weighted by atomic mass is 9.89. The highest BCUT2D eigenvalue weighted by molar-refractivity contribution is 5.81. The number of H-pyrrole nitrogens is 1. The standard InChI is InChI=1S/C25H26N4/c1-2-6-19(7-3-1)16-22-17-27-28-25(22)20-11-14-29(15-12-20)18-21-10-13-26-24-9-5-4-8-23(21)24/h1-10,13,17,20H,11-12,14-16,18H2,(H,27,28). The van der Waals surface area contributed by atoms with Crippen LogP contribution in [0.2, 0.25) is 0 Å². The van der Waals surface area contributed by atoms with E-state index in [-0.39, 0.29) is 0 Å². The second-order valence-corrected chi connectivity index (χ2v) is 8.01. The number of likely N-dealkylation sites (tertiary alicyclic amines) is 1. The molecule has 2 aromatic heterocycles. The number of nitrogens with zero attached hydrogens (tertiary/aromatic N) is 3. The molecule has 146 valence electrons. The third kappa shape index (κ3) is 3.94. The van der Waals surface area contributed by atoms with E-state index in [1.54, 1.807) is 0 Å². The van der Waals surface area contributed by atoms with E-state index < -0.39 is 0 Å².